The van der Waals surface area contributed by atoms with Gasteiger partial charge in [-0.2, -0.15) is 5.10 Å². The summed E-state index contributed by atoms with van der Waals surface area (Å²) in [5.41, 5.74) is 1.29. The van der Waals surface area contributed by atoms with E-state index in [1.807, 2.05) is 11.8 Å². The van der Waals surface area contributed by atoms with Crippen molar-refractivity contribution in [1.82, 2.24) is 15.1 Å². The van der Waals surface area contributed by atoms with Gasteiger partial charge in [-0.05, 0) is 19.0 Å². The maximum absolute atomic E-state index is 13.7. The number of nitrogens with one attached hydrogen (secondary N) is 1. The second-order valence-electron chi connectivity index (χ2n) is 4.88. The van der Waals surface area contributed by atoms with Crippen LogP contribution in [0, 0.1) is 5.82 Å². The predicted octanol–water partition coefficient (Wildman–Crippen LogP) is 2.66. The molecule has 6 heteroatoms. The summed E-state index contributed by atoms with van der Waals surface area (Å²) in [5.74, 6) is -1.28. The zero-order chi connectivity index (χ0) is 15.2. The largest absolute Gasteiger partial charge is 0.477 e. The lowest BCUT2D eigenvalue weighted by molar-refractivity contribution is 0.0688. The van der Waals surface area contributed by atoms with Gasteiger partial charge in [0.15, 0.2) is 0 Å². The first kappa shape index (κ1) is 15.2. The average molecular weight is 291 g/mol. The molecule has 0 radical (unpaired) electrons. The lowest BCUT2D eigenvalue weighted by Crippen LogP contribution is -2.25. The second kappa shape index (κ2) is 6.99. The van der Waals surface area contributed by atoms with E-state index in [9.17, 15) is 9.18 Å². The summed E-state index contributed by atoms with van der Waals surface area (Å²) in [6.07, 6.45) is 2.40. The van der Waals surface area contributed by atoms with Crippen LogP contribution in [-0.2, 0) is 13.1 Å². The average Bonchev–Trinajstić information content (AvgIpc) is 2.90. The quantitative estimate of drug-likeness (QED) is 0.823. The van der Waals surface area contributed by atoms with Crippen LogP contribution >= 0.6 is 0 Å². The molecule has 0 saturated carbocycles. The summed E-state index contributed by atoms with van der Waals surface area (Å²) in [6, 6.07) is 6.62. The Morgan fingerprint density at radius 2 is 2.05 bits per heavy atom. The number of benzene rings is 1. The van der Waals surface area contributed by atoms with Crippen LogP contribution < -0.4 is 0 Å². The monoisotopic (exact) mass is 291 g/mol. The molecule has 0 bridgehead atoms. The van der Waals surface area contributed by atoms with Gasteiger partial charge in [0.1, 0.15) is 11.5 Å². The van der Waals surface area contributed by atoms with Crippen molar-refractivity contribution in [3.63, 3.8) is 0 Å². The van der Waals surface area contributed by atoms with Gasteiger partial charge in [-0.3, -0.25) is 10.00 Å². The molecule has 0 aliphatic carbocycles. The molecule has 0 saturated heterocycles. The Bertz CT molecular complexity index is 612. The number of carbonyl (C=O) groups is 1. The molecule has 0 aliphatic heterocycles. The minimum absolute atomic E-state index is 0.0876. The Balaban J connectivity index is 2.14. The Hall–Kier alpha value is -2.21. The number of carboxylic acid groups (broad SMARTS) is 1. The normalized spacial score (nSPS) is 11.0. The number of rotatable bonds is 7. The van der Waals surface area contributed by atoms with E-state index in [2.05, 4.69) is 10.2 Å². The molecule has 0 spiro atoms. The van der Waals surface area contributed by atoms with Crippen molar-refractivity contribution in [2.45, 2.75) is 26.4 Å². The molecule has 2 aromatic rings. The molecule has 112 valence electrons. The molecule has 0 amide bonds. The van der Waals surface area contributed by atoms with Gasteiger partial charge in [-0.25, -0.2) is 9.18 Å². The van der Waals surface area contributed by atoms with E-state index in [0.29, 0.717) is 24.2 Å². The molecule has 5 nitrogen and oxygen atoms in total. The Kier molecular flexibility index (Phi) is 5.05. The maximum atomic E-state index is 13.7. The van der Waals surface area contributed by atoms with Crippen molar-refractivity contribution in [2.24, 2.45) is 0 Å². The van der Waals surface area contributed by atoms with Crippen LogP contribution in [0.5, 0.6) is 0 Å². The van der Waals surface area contributed by atoms with Crippen molar-refractivity contribution in [1.29, 1.82) is 0 Å². The van der Waals surface area contributed by atoms with Gasteiger partial charge in [-0.1, -0.05) is 25.1 Å². The van der Waals surface area contributed by atoms with E-state index in [1.54, 1.807) is 18.2 Å². The van der Waals surface area contributed by atoms with Crippen molar-refractivity contribution in [3.8, 4) is 0 Å². The zero-order valence-electron chi connectivity index (χ0n) is 11.8. The molecule has 2 N–H and O–H groups in total. The number of carboxylic acids is 1. The third kappa shape index (κ3) is 3.88. The minimum Gasteiger partial charge on any atom is -0.477 e. The van der Waals surface area contributed by atoms with E-state index in [0.717, 1.165) is 13.0 Å². The van der Waals surface area contributed by atoms with Gasteiger partial charge in [-0.15, -0.1) is 0 Å². The van der Waals surface area contributed by atoms with Crippen LogP contribution in [0.15, 0.2) is 30.5 Å². The minimum atomic E-state index is -1.04. The number of aromatic nitrogens is 2. The van der Waals surface area contributed by atoms with Crippen LogP contribution in [0.4, 0.5) is 4.39 Å². The summed E-state index contributed by atoms with van der Waals surface area (Å²) in [5, 5.41) is 15.3. The van der Waals surface area contributed by atoms with Gasteiger partial charge in [0.05, 0.1) is 6.20 Å². The highest BCUT2D eigenvalue weighted by Gasteiger charge is 2.16. The van der Waals surface area contributed by atoms with E-state index < -0.39 is 5.97 Å². The molecule has 1 aromatic carbocycles. The van der Waals surface area contributed by atoms with Crippen molar-refractivity contribution < 1.29 is 14.3 Å². The van der Waals surface area contributed by atoms with Crippen molar-refractivity contribution in [2.75, 3.05) is 6.54 Å². The SMILES string of the molecule is CCCN(Cc1ccccc1F)Cc1cn[nH]c1C(=O)O. The fourth-order valence-corrected chi connectivity index (χ4v) is 2.25. The van der Waals surface area contributed by atoms with Gasteiger partial charge in [0.2, 0.25) is 0 Å². The van der Waals surface area contributed by atoms with Crippen molar-refractivity contribution >= 4 is 5.97 Å². The van der Waals surface area contributed by atoms with Crippen LogP contribution in [0.1, 0.15) is 35.0 Å². The molecular weight excluding hydrogens is 273 g/mol. The summed E-state index contributed by atoms with van der Waals surface area (Å²) >= 11 is 0. The van der Waals surface area contributed by atoms with E-state index in [4.69, 9.17) is 5.11 Å². The highest BCUT2D eigenvalue weighted by Crippen LogP contribution is 2.14. The van der Waals surface area contributed by atoms with Crippen LogP contribution in [-0.4, -0.2) is 32.7 Å². The van der Waals surface area contributed by atoms with Crippen LogP contribution in [0.3, 0.4) is 0 Å². The number of halogens is 1. The molecule has 0 unspecified atom stereocenters. The predicted molar refractivity (Wildman–Crippen MR) is 76.4 cm³/mol. The first-order valence-corrected chi connectivity index (χ1v) is 6.83. The molecule has 1 heterocycles. The van der Waals surface area contributed by atoms with Gasteiger partial charge < -0.3 is 5.11 Å². The van der Waals surface area contributed by atoms with Gasteiger partial charge >= 0.3 is 5.97 Å². The summed E-state index contributed by atoms with van der Waals surface area (Å²) in [6.45, 7) is 3.63. The van der Waals surface area contributed by atoms with E-state index in [1.165, 1.54) is 12.3 Å². The number of hydrogen-bond acceptors (Lipinski definition) is 3. The highest BCUT2D eigenvalue weighted by atomic mass is 19.1. The smallest absolute Gasteiger partial charge is 0.354 e. The number of nitrogens with zero attached hydrogens (tertiary/aromatic N) is 2. The standard InChI is InChI=1S/C15H18FN3O2/c1-2-7-19(9-11-5-3-4-6-13(11)16)10-12-8-17-18-14(12)15(20)21/h3-6,8H,2,7,9-10H2,1H3,(H,17,18)(H,20,21). The third-order valence-corrected chi connectivity index (χ3v) is 3.22. The first-order valence-electron chi connectivity index (χ1n) is 6.83. The molecule has 0 atom stereocenters. The van der Waals surface area contributed by atoms with Crippen LogP contribution in [0.25, 0.3) is 0 Å². The molecule has 0 fully saturated rings. The third-order valence-electron chi connectivity index (χ3n) is 3.22. The zero-order valence-corrected chi connectivity index (χ0v) is 11.8. The number of aromatic amines is 1. The van der Waals surface area contributed by atoms with E-state index in [-0.39, 0.29) is 11.5 Å². The van der Waals surface area contributed by atoms with Crippen molar-refractivity contribution in [3.05, 3.63) is 53.1 Å². The topological polar surface area (TPSA) is 69.2 Å². The summed E-state index contributed by atoms with van der Waals surface area (Å²) < 4.78 is 13.7. The van der Waals surface area contributed by atoms with Crippen LogP contribution in [0.2, 0.25) is 0 Å². The number of H-pyrrole nitrogens is 1. The fourth-order valence-electron chi connectivity index (χ4n) is 2.25. The lowest BCUT2D eigenvalue weighted by atomic mass is 10.1. The Labute approximate surface area is 122 Å². The molecule has 1 aromatic heterocycles. The highest BCUT2D eigenvalue weighted by molar-refractivity contribution is 5.86. The summed E-state index contributed by atoms with van der Waals surface area (Å²) in [7, 11) is 0. The lowest BCUT2D eigenvalue weighted by Gasteiger charge is -2.21. The first-order chi connectivity index (χ1) is 10.1. The number of aromatic carboxylic acids is 1. The Morgan fingerprint density at radius 1 is 1.33 bits per heavy atom. The fraction of sp³-hybridized carbons (Fsp3) is 0.333. The molecular formula is C15H18FN3O2. The number of hydrogen-bond donors (Lipinski definition) is 2. The summed E-state index contributed by atoms with van der Waals surface area (Å²) in [4.78, 5) is 13.1. The Morgan fingerprint density at radius 3 is 2.71 bits per heavy atom. The van der Waals surface area contributed by atoms with Gasteiger partial charge in [0.25, 0.3) is 0 Å². The molecule has 0 aliphatic rings. The molecule has 21 heavy (non-hydrogen) atoms. The maximum Gasteiger partial charge on any atom is 0.354 e. The second-order valence-corrected chi connectivity index (χ2v) is 4.88. The van der Waals surface area contributed by atoms with E-state index >= 15 is 0 Å². The molecule has 2 rings (SSSR count). The van der Waals surface area contributed by atoms with Gasteiger partial charge in [0, 0.05) is 24.2 Å².